The van der Waals surface area contributed by atoms with E-state index in [9.17, 15) is 4.79 Å². The van der Waals surface area contributed by atoms with Crippen molar-refractivity contribution < 1.29 is 4.79 Å². The van der Waals surface area contributed by atoms with Gasteiger partial charge in [0.05, 0.1) is 5.92 Å². The summed E-state index contributed by atoms with van der Waals surface area (Å²) in [6.07, 6.45) is 0.848. The Balaban J connectivity index is 2.67. The van der Waals surface area contributed by atoms with E-state index in [2.05, 4.69) is 10.5 Å². The van der Waals surface area contributed by atoms with Crippen LogP contribution in [0, 0.1) is 5.92 Å². The van der Waals surface area contributed by atoms with Crippen molar-refractivity contribution in [2.75, 3.05) is 0 Å². The van der Waals surface area contributed by atoms with Crippen molar-refractivity contribution in [3.8, 4) is 0 Å². The first kappa shape index (κ1) is 6.26. The van der Waals surface area contributed by atoms with Gasteiger partial charge in [-0.3, -0.25) is 4.79 Å². The van der Waals surface area contributed by atoms with Crippen molar-refractivity contribution in [3.63, 3.8) is 0 Å². The molecule has 1 N–H and O–H groups in total. The van der Waals surface area contributed by atoms with Gasteiger partial charge >= 0.3 is 0 Å². The van der Waals surface area contributed by atoms with E-state index in [1.165, 1.54) is 0 Å². The molecule has 0 aromatic heterocycles. The second-order valence-electron chi connectivity index (χ2n) is 2.19. The summed E-state index contributed by atoms with van der Waals surface area (Å²) < 4.78 is 0. The predicted octanol–water partition coefficient (Wildman–Crippen LogP) is 0.518. The fourth-order valence-corrected chi connectivity index (χ4v) is 0.970. The Morgan fingerprint density at radius 3 is 2.67 bits per heavy atom. The lowest BCUT2D eigenvalue weighted by molar-refractivity contribution is -0.122. The highest BCUT2D eigenvalue weighted by Gasteiger charge is 2.23. The zero-order chi connectivity index (χ0) is 6.85. The highest BCUT2D eigenvalue weighted by molar-refractivity contribution is 6.06. The minimum absolute atomic E-state index is 0.0324. The van der Waals surface area contributed by atoms with E-state index in [1.54, 1.807) is 0 Å². The summed E-state index contributed by atoms with van der Waals surface area (Å²) in [4.78, 5) is 10.8. The molecule has 1 aliphatic rings. The second-order valence-corrected chi connectivity index (χ2v) is 2.19. The van der Waals surface area contributed by atoms with Gasteiger partial charge < -0.3 is 0 Å². The summed E-state index contributed by atoms with van der Waals surface area (Å²) in [6, 6.07) is 0. The average molecular weight is 126 g/mol. The Hall–Kier alpha value is -0.860. The lowest BCUT2D eigenvalue weighted by atomic mass is 10.0. The van der Waals surface area contributed by atoms with Gasteiger partial charge in [-0.2, -0.15) is 5.10 Å². The molecular formula is C6H10N2O. The van der Waals surface area contributed by atoms with Crippen LogP contribution < -0.4 is 5.43 Å². The van der Waals surface area contributed by atoms with Crippen LogP contribution >= 0.6 is 0 Å². The van der Waals surface area contributed by atoms with E-state index < -0.39 is 0 Å². The summed E-state index contributed by atoms with van der Waals surface area (Å²) in [5, 5.41) is 3.79. The fraction of sp³-hybridized carbons (Fsp3) is 0.667. The summed E-state index contributed by atoms with van der Waals surface area (Å²) in [6.45, 7) is 3.85. The molecule has 0 aromatic carbocycles. The van der Waals surface area contributed by atoms with Crippen LogP contribution in [0.5, 0.6) is 0 Å². The predicted molar refractivity (Wildman–Crippen MR) is 35.0 cm³/mol. The number of carbonyl (C=O) groups is 1. The monoisotopic (exact) mass is 126 g/mol. The SMILES string of the molecule is CC[C@H]1C(=O)NN=C1C. The van der Waals surface area contributed by atoms with Crippen LogP contribution in [-0.4, -0.2) is 11.6 Å². The largest absolute Gasteiger partial charge is 0.272 e. The summed E-state index contributed by atoms with van der Waals surface area (Å²) >= 11 is 0. The normalized spacial score (nSPS) is 25.8. The van der Waals surface area contributed by atoms with E-state index in [4.69, 9.17) is 0 Å². The van der Waals surface area contributed by atoms with Gasteiger partial charge in [0.2, 0.25) is 5.91 Å². The molecule has 0 radical (unpaired) electrons. The molecule has 0 fully saturated rings. The van der Waals surface area contributed by atoms with Gasteiger partial charge in [-0.25, -0.2) is 5.43 Å². The molecule has 3 heteroatoms. The Bertz CT molecular complexity index is 162. The first-order valence-corrected chi connectivity index (χ1v) is 3.09. The number of amides is 1. The Morgan fingerprint density at radius 2 is 2.44 bits per heavy atom. The molecule has 0 aliphatic carbocycles. The van der Waals surface area contributed by atoms with Crippen LogP contribution in [0.25, 0.3) is 0 Å². The molecule has 9 heavy (non-hydrogen) atoms. The van der Waals surface area contributed by atoms with Gasteiger partial charge in [-0.05, 0) is 13.3 Å². The molecule has 1 amide bonds. The lowest BCUT2D eigenvalue weighted by Gasteiger charge is -1.99. The second kappa shape index (κ2) is 2.17. The van der Waals surface area contributed by atoms with Crippen molar-refractivity contribution >= 4 is 11.6 Å². The molecule has 1 atom stereocenters. The highest BCUT2D eigenvalue weighted by Crippen LogP contribution is 2.09. The van der Waals surface area contributed by atoms with Crippen LogP contribution in [-0.2, 0) is 4.79 Å². The third-order valence-electron chi connectivity index (χ3n) is 1.57. The standard InChI is InChI=1S/C6H10N2O/c1-3-5-4(2)7-8-6(5)9/h5H,3H2,1-2H3,(H,8,9)/t5-/m1/s1. The first-order valence-electron chi connectivity index (χ1n) is 3.09. The number of hydrazone groups is 1. The molecule has 0 aromatic rings. The Kier molecular flexibility index (Phi) is 1.51. The zero-order valence-corrected chi connectivity index (χ0v) is 5.64. The topological polar surface area (TPSA) is 41.5 Å². The average Bonchev–Trinajstić information content (AvgIpc) is 2.12. The van der Waals surface area contributed by atoms with Crippen molar-refractivity contribution in [1.82, 2.24) is 5.43 Å². The minimum atomic E-state index is 0.0324. The van der Waals surface area contributed by atoms with Gasteiger partial charge in [0, 0.05) is 5.71 Å². The van der Waals surface area contributed by atoms with E-state index >= 15 is 0 Å². The molecule has 0 unspecified atom stereocenters. The smallest absolute Gasteiger partial charge is 0.248 e. The van der Waals surface area contributed by atoms with Gasteiger partial charge in [0.15, 0.2) is 0 Å². The molecule has 0 saturated carbocycles. The number of nitrogens with one attached hydrogen (secondary N) is 1. The van der Waals surface area contributed by atoms with Gasteiger partial charge in [0.1, 0.15) is 0 Å². The van der Waals surface area contributed by atoms with Crippen LogP contribution in [0.4, 0.5) is 0 Å². The van der Waals surface area contributed by atoms with Gasteiger partial charge in [-0.1, -0.05) is 6.92 Å². The molecule has 1 rings (SSSR count). The maximum atomic E-state index is 10.8. The molecule has 0 spiro atoms. The number of rotatable bonds is 1. The van der Waals surface area contributed by atoms with Crippen molar-refractivity contribution in [2.24, 2.45) is 11.0 Å². The molecule has 0 bridgehead atoms. The lowest BCUT2D eigenvalue weighted by Crippen LogP contribution is -2.21. The van der Waals surface area contributed by atoms with E-state index in [-0.39, 0.29) is 11.8 Å². The number of hydrogen-bond donors (Lipinski definition) is 1. The van der Waals surface area contributed by atoms with E-state index in [1.807, 2.05) is 13.8 Å². The number of hydrogen-bond acceptors (Lipinski definition) is 2. The minimum Gasteiger partial charge on any atom is -0.272 e. The third-order valence-corrected chi connectivity index (χ3v) is 1.57. The fourth-order valence-electron chi connectivity index (χ4n) is 0.970. The van der Waals surface area contributed by atoms with Crippen LogP contribution in [0.15, 0.2) is 5.10 Å². The maximum absolute atomic E-state index is 10.8. The first-order chi connectivity index (χ1) is 4.25. The number of carbonyl (C=O) groups excluding carboxylic acids is 1. The van der Waals surface area contributed by atoms with E-state index in [0.29, 0.717) is 0 Å². The number of nitrogens with zero attached hydrogens (tertiary/aromatic N) is 1. The summed E-state index contributed by atoms with van der Waals surface area (Å²) in [5.74, 6) is 0.0694. The van der Waals surface area contributed by atoms with Gasteiger partial charge in [-0.15, -0.1) is 0 Å². The van der Waals surface area contributed by atoms with Gasteiger partial charge in [0.25, 0.3) is 0 Å². The summed E-state index contributed by atoms with van der Waals surface area (Å²) in [7, 11) is 0. The maximum Gasteiger partial charge on any atom is 0.248 e. The Labute approximate surface area is 54.1 Å². The molecule has 50 valence electrons. The van der Waals surface area contributed by atoms with Crippen molar-refractivity contribution in [3.05, 3.63) is 0 Å². The van der Waals surface area contributed by atoms with Crippen molar-refractivity contribution in [2.45, 2.75) is 20.3 Å². The quantitative estimate of drug-likeness (QED) is 0.546. The third kappa shape index (κ3) is 0.943. The Morgan fingerprint density at radius 1 is 1.78 bits per heavy atom. The molecule has 0 saturated heterocycles. The molecule has 1 aliphatic heterocycles. The van der Waals surface area contributed by atoms with Crippen LogP contribution in [0.3, 0.4) is 0 Å². The highest BCUT2D eigenvalue weighted by atomic mass is 16.2. The van der Waals surface area contributed by atoms with Crippen LogP contribution in [0.2, 0.25) is 0 Å². The van der Waals surface area contributed by atoms with Crippen LogP contribution in [0.1, 0.15) is 20.3 Å². The zero-order valence-electron chi connectivity index (χ0n) is 5.64. The van der Waals surface area contributed by atoms with Crippen molar-refractivity contribution in [1.29, 1.82) is 0 Å². The summed E-state index contributed by atoms with van der Waals surface area (Å²) in [5.41, 5.74) is 3.32. The molecule has 3 nitrogen and oxygen atoms in total. The molecular weight excluding hydrogens is 116 g/mol. The van der Waals surface area contributed by atoms with E-state index in [0.717, 1.165) is 12.1 Å². The molecule has 1 heterocycles.